The zero-order valence-electron chi connectivity index (χ0n) is 20.3. The number of carbonyl (C=O) groups excluding carboxylic acids is 3. The van der Waals surface area contributed by atoms with Crippen LogP contribution in [0.25, 0.3) is 0 Å². The number of nitrogens with one attached hydrogen (secondary N) is 1. The van der Waals surface area contributed by atoms with E-state index in [2.05, 4.69) is 5.32 Å². The predicted octanol–water partition coefficient (Wildman–Crippen LogP) is 4.18. The van der Waals surface area contributed by atoms with Crippen LogP contribution in [0, 0.1) is 11.8 Å². The van der Waals surface area contributed by atoms with Crippen molar-refractivity contribution < 1.29 is 28.6 Å². The van der Waals surface area contributed by atoms with E-state index >= 15 is 0 Å². The summed E-state index contributed by atoms with van der Waals surface area (Å²) in [4.78, 5) is 40.0. The molecule has 0 spiro atoms. The number of rotatable bonds is 5. The van der Waals surface area contributed by atoms with Crippen molar-refractivity contribution in [3.8, 4) is 5.75 Å². The molecule has 0 saturated heterocycles. The van der Waals surface area contributed by atoms with Gasteiger partial charge in [-0.15, -0.1) is 0 Å². The summed E-state index contributed by atoms with van der Waals surface area (Å²) in [6.45, 7) is 3.71. The summed E-state index contributed by atoms with van der Waals surface area (Å²) in [5.74, 6) is -2.58. The topological polar surface area (TPSA) is 90.9 Å². The molecular formula is C27H33NO6. The second-order valence-electron chi connectivity index (χ2n) is 9.44. The minimum atomic E-state index is -0.920. The quantitative estimate of drug-likeness (QED) is 0.513. The van der Waals surface area contributed by atoms with Gasteiger partial charge in [0.05, 0.1) is 25.7 Å². The molecule has 0 aromatic heterocycles. The van der Waals surface area contributed by atoms with Gasteiger partial charge in [0.25, 0.3) is 0 Å². The molecule has 1 saturated carbocycles. The molecule has 1 fully saturated rings. The summed E-state index contributed by atoms with van der Waals surface area (Å²) in [6.07, 6.45) is 5.29. The van der Waals surface area contributed by atoms with Crippen molar-refractivity contribution in [2.24, 2.45) is 11.8 Å². The highest BCUT2D eigenvalue weighted by Gasteiger charge is 2.48. The number of benzene rings is 1. The Hall–Kier alpha value is -3.09. The summed E-state index contributed by atoms with van der Waals surface area (Å²) in [6, 6.07) is 7.37. The predicted molar refractivity (Wildman–Crippen MR) is 126 cm³/mol. The lowest BCUT2D eigenvalue weighted by Gasteiger charge is -2.38. The third kappa shape index (κ3) is 4.36. The van der Waals surface area contributed by atoms with Gasteiger partial charge in [-0.3, -0.25) is 9.59 Å². The van der Waals surface area contributed by atoms with E-state index in [1.165, 1.54) is 7.11 Å². The van der Waals surface area contributed by atoms with Gasteiger partial charge in [-0.1, -0.05) is 31.5 Å². The van der Waals surface area contributed by atoms with Crippen LogP contribution in [0.1, 0.15) is 63.9 Å². The lowest BCUT2D eigenvalue weighted by molar-refractivity contribution is -0.151. The maximum Gasteiger partial charge on any atom is 0.337 e. The molecule has 7 nitrogen and oxygen atoms in total. The number of ketones is 1. The zero-order chi connectivity index (χ0) is 24.4. The Balaban J connectivity index is 1.82. The molecule has 7 heteroatoms. The summed E-state index contributed by atoms with van der Waals surface area (Å²) >= 11 is 0. The molecule has 182 valence electrons. The number of ether oxygens (including phenoxy) is 3. The van der Waals surface area contributed by atoms with E-state index in [9.17, 15) is 14.4 Å². The highest BCUT2D eigenvalue weighted by molar-refractivity contribution is 6.12. The molecule has 0 amide bonds. The normalized spacial score (nSPS) is 25.4. The van der Waals surface area contributed by atoms with Crippen molar-refractivity contribution in [3.63, 3.8) is 0 Å². The van der Waals surface area contributed by atoms with Crippen molar-refractivity contribution in [1.29, 1.82) is 0 Å². The van der Waals surface area contributed by atoms with Crippen molar-refractivity contribution in [2.45, 2.75) is 64.4 Å². The molecule has 1 aliphatic heterocycles. The van der Waals surface area contributed by atoms with Gasteiger partial charge < -0.3 is 19.5 Å². The maximum absolute atomic E-state index is 13.8. The number of dihydropyridines is 1. The summed E-state index contributed by atoms with van der Waals surface area (Å²) in [5, 5.41) is 3.31. The summed E-state index contributed by atoms with van der Waals surface area (Å²) < 4.78 is 16.5. The molecule has 2 aliphatic carbocycles. The third-order valence-electron chi connectivity index (χ3n) is 7.24. The molecule has 1 aromatic carbocycles. The van der Waals surface area contributed by atoms with Crippen LogP contribution in [0.2, 0.25) is 0 Å². The summed E-state index contributed by atoms with van der Waals surface area (Å²) in [5.41, 5.74) is 2.90. The molecule has 1 aromatic rings. The number of Topliss-reactive ketones (excluding diaryl/α,β-unsaturated/α-hetero) is 1. The van der Waals surface area contributed by atoms with E-state index in [0.717, 1.165) is 37.8 Å². The second-order valence-corrected chi connectivity index (χ2v) is 9.44. The number of hydrogen-bond donors (Lipinski definition) is 1. The second kappa shape index (κ2) is 10.0. The lowest BCUT2D eigenvalue weighted by atomic mass is 9.69. The number of carbonyl (C=O) groups is 3. The molecule has 0 radical (unpaired) electrons. The number of hydrogen-bond acceptors (Lipinski definition) is 7. The summed E-state index contributed by atoms with van der Waals surface area (Å²) in [7, 11) is 2.86. The molecular weight excluding hydrogens is 434 g/mol. The molecule has 0 bridgehead atoms. The van der Waals surface area contributed by atoms with Gasteiger partial charge in [-0.05, 0) is 51.0 Å². The van der Waals surface area contributed by atoms with Gasteiger partial charge in [0, 0.05) is 22.5 Å². The van der Waals surface area contributed by atoms with E-state index in [1.807, 2.05) is 38.1 Å². The first-order valence-electron chi connectivity index (χ1n) is 12.0. The van der Waals surface area contributed by atoms with E-state index in [4.69, 9.17) is 14.2 Å². The SMILES string of the molecule is COC(=O)[C@@H]1C(=O)C2=C(C[C@H]1C)NC(C)=C(C(=O)OC1CCCCC1)[C@H]2c1ccccc1OC. The number of para-hydroxylation sites is 1. The standard InChI is InChI=1S/C27H33NO6/c1-15-14-19-24(25(29)21(15)26(30)33-4)23(18-12-8-9-13-20(18)32-3)22(16(2)28-19)27(31)34-17-10-6-5-7-11-17/h8-9,12-13,15,17,21,23,28H,5-7,10-11,14H2,1-4H3/t15-,21+,23-/m1/s1. The van der Waals surface area contributed by atoms with Crippen molar-refractivity contribution >= 4 is 17.7 Å². The first-order valence-corrected chi connectivity index (χ1v) is 12.0. The molecule has 1 heterocycles. The Bertz CT molecular complexity index is 1050. The molecule has 4 rings (SSSR count). The fraction of sp³-hybridized carbons (Fsp3) is 0.519. The van der Waals surface area contributed by atoms with Crippen molar-refractivity contribution in [1.82, 2.24) is 5.32 Å². The fourth-order valence-electron chi connectivity index (χ4n) is 5.56. The van der Waals surface area contributed by atoms with Gasteiger partial charge in [0.15, 0.2) is 5.78 Å². The minimum Gasteiger partial charge on any atom is -0.496 e. The first kappa shape index (κ1) is 24.0. The van der Waals surface area contributed by atoms with E-state index in [0.29, 0.717) is 34.6 Å². The van der Waals surface area contributed by atoms with E-state index in [-0.39, 0.29) is 17.8 Å². The average molecular weight is 468 g/mol. The van der Waals surface area contributed by atoms with Gasteiger partial charge >= 0.3 is 11.9 Å². The maximum atomic E-state index is 13.8. The van der Waals surface area contributed by atoms with E-state index < -0.39 is 23.8 Å². The molecule has 34 heavy (non-hydrogen) atoms. The molecule has 3 aliphatic rings. The lowest BCUT2D eigenvalue weighted by Crippen LogP contribution is -2.43. The monoisotopic (exact) mass is 467 g/mol. The minimum absolute atomic E-state index is 0.125. The van der Waals surface area contributed by atoms with Gasteiger partial charge in [-0.2, -0.15) is 0 Å². The van der Waals surface area contributed by atoms with E-state index in [1.54, 1.807) is 7.11 Å². The number of esters is 2. The van der Waals surface area contributed by atoms with Crippen LogP contribution >= 0.6 is 0 Å². The Morgan fingerprint density at radius 2 is 1.76 bits per heavy atom. The largest absolute Gasteiger partial charge is 0.496 e. The first-order chi connectivity index (χ1) is 16.4. The number of methoxy groups -OCH3 is 2. The van der Waals surface area contributed by atoms with Gasteiger partial charge in [-0.25, -0.2) is 4.79 Å². The number of allylic oxidation sites excluding steroid dienone is 3. The van der Waals surface area contributed by atoms with Crippen LogP contribution < -0.4 is 10.1 Å². The van der Waals surface area contributed by atoms with Gasteiger partial charge in [0.1, 0.15) is 17.8 Å². The van der Waals surface area contributed by atoms with Crippen LogP contribution in [0.5, 0.6) is 5.75 Å². The van der Waals surface area contributed by atoms with Crippen LogP contribution in [-0.2, 0) is 23.9 Å². The molecule has 0 unspecified atom stereocenters. The Kier molecular flexibility index (Phi) is 7.10. The van der Waals surface area contributed by atoms with Crippen LogP contribution in [0.3, 0.4) is 0 Å². The average Bonchev–Trinajstić information content (AvgIpc) is 2.83. The van der Waals surface area contributed by atoms with Crippen LogP contribution in [-0.4, -0.2) is 38.0 Å². The highest BCUT2D eigenvalue weighted by atomic mass is 16.5. The van der Waals surface area contributed by atoms with Gasteiger partial charge in [0.2, 0.25) is 0 Å². The zero-order valence-corrected chi connectivity index (χ0v) is 20.3. The smallest absolute Gasteiger partial charge is 0.337 e. The highest BCUT2D eigenvalue weighted by Crippen LogP contribution is 2.47. The Morgan fingerprint density at radius 1 is 1.06 bits per heavy atom. The Labute approximate surface area is 200 Å². The Morgan fingerprint density at radius 3 is 2.44 bits per heavy atom. The van der Waals surface area contributed by atoms with Crippen LogP contribution in [0.4, 0.5) is 0 Å². The van der Waals surface area contributed by atoms with Crippen molar-refractivity contribution in [3.05, 3.63) is 52.4 Å². The fourth-order valence-corrected chi connectivity index (χ4v) is 5.56. The molecule has 3 atom stereocenters. The third-order valence-corrected chi connectivity index (χ3v) is 7.24. The van der Waals surface area contributed by atoms with Crippen LogP contribution in [0.15, 0.2) is 46.8 Å². The van der Waals surface area contributed by atoms with Crippen molar-refractivity contribution in [2.75, 3.05) is 14.2 Å². The molecule has 1 N–H and O–H groups in total.